The molecule has 23 heavy (non-hydrogen) atoms. The smallest absolute Gasteiger partial charge is 0.273 e. The first-order chi connectivity index (χ1) is 11.0. The van der Waals surface area contributed by atoms with Gasteiger partial charge in [0.2, 0.25) is 5.95 Å². The average Bonchev–Trinajstić information content (AvgIpc) is 3.37. The fourth-order valence-electron chi connectivity index (χ4n) is 2.48. The third kappa shape index (κ3) is 3.64. The Bertz CT molecular complexity index is 697. The van der Waals surface area contributed by atoms with Crippen molar-refractivity contribution in [2.45, 2.75) is 45.2 Å². The molecule has 1 amide bonds. The van der Waals surface area contributed by atoms with Gasteiger partial charge in [0, 0.05) is 30.7 Å². The van der Waals surface area contributed by atoms with Crippen molar-refractivity contribution in [2.75, 3.05) is 5.73 Å². The van der Waals surface area contributed by atoms with Crippen molar-refractivity contribution in [1.82, 2.24) is 19.9 Å². The monoisotopic (exact) mass is 311 g/mol. The molecule has 0 atom stereocenters. The average molecular weight is 311 g/mol. The maximum Gasteiger partial charge on any atom is 0.273 e. The molecule has 120 valence electrons. The van der Waals surface area contributed by atoms with Crippen LogP contribution in [0.3, 0.4) is 0 Å². The summed E-state index contributed by atoms with van der Waals surface area (Å²) in [6.45, 7) is 4.60. The van der Waals surface area contributed by atoms with E-state index in [9.17, 15) is 4.79 Å². The second kappa shape index (κ2) is 6.32. The van der Waals surface area contributed by atoms with Crippen molar-refractivity contribution < 1.29 is 4.79 Å². The second-order valence-corrected chi connectivity index (χ2v) is 6.21. The van der Waals surface area contributed by atoms with E-state index in [0.717, 1.165) is 24.1 Å². The number of rotatable bonds is 5. The fourth-order valence-corrected chi connectivity index (χ4v) is 2.48. The summed E-state index contributed by atoms with van der Waals surface area (Å²) in [5, 5.41) is 0. The predicted octanol–water partition coefficient (Wildman–Crippen LogP) is 2.38. The van der Waals surface area contributed by atoms with E-state index in [-0.39, 0.29) is 23.8 Å². The Morgan fingerprint density at radius 1 is 1.30 bits per heavy atom. The van der Waals surface area contributed by atoms with Crippen LogP contribution in [0.4, 0.5) is 5.95 Å². The SMILES string of the molecule is CC(C)c1cc(C(=O)N(Cc2ccncc2)C2CC2)nc(N)n1. The molecule has 1 saturated carbocycles. The number of pyridine rings is 1. The Labute approximate surface area is 135 Å². The van der Waals surface area contributed by atoms with Gasteiger partial charge in [0.15, 0.2) is 0 Å². The minimum Gasteiger partial charge on any atom is -0.368 e. The zero-order valence-electron chi connectivity index (χ0n) is 13.4. The standard InChI is InChI=1S/C17H21N5O/c1-11(2)14-9-15(21-17(18)20-14)16(23)22(13-3-4-13)10-12-5-7-19-8-6-12/h5-9,11,13H,3-4,10H2,1-2H3,(H2,18,20,21). The van der Waals surface area contributed by atoms with Crippen LogP contribution in [0, 0.1) is 0 Å². The molecule has 1 aliphatic carbocycles. The highest BCUT2D eigenvalue weighted by molar-refractivity contribution is 5.93. The summed E-state index contributed by atoms with van der Waals surface area (Å²) in [7, 11) is 0. The van der Waals surface area contributed by atoms with Crippen LogP contribution < -0.4 is 5.73 Å². The number of nitrogens with two attached hydrogens (primary N) is 1. The number of nitrogen functional groups attached to an aromatic ring is 1. The molecule has 0 radical (unpaired) electrons. The van der Waals surface area contributed by atoms with Gasteiger partial charge in [0.1, 0.15) is 5.69 Å². The van der Waals surface area contributed by atoms with Gasteiger partial charge in [-0.15, -0.1) is 0 Å². The molecule has 0 bridgehead atoms. The number of hydrogen-bond acceptors (Lipinski definition) is 5. The first kappa shape index (κ1) is 15.4. The number of aromatic nitrogens is 3. The zero-order chi connectivity index (χ0) is 16.4. The van der Waals surface area contributed by atoms with Crippen molar-refractivity contribution in [3.63, 3.8) is 0 Å². The molecule has 2 aromatic rings. The van der Waals surface area contributed by atoms with Gasteiger partial charge in [-0.05, 0) is 42.5 Å². The summed E-state index contributed by atoms with van der Waals surface area (Å²) in [6, 6.07) is 5.90. The summed E-state index contributed by atoms with van der Waals surface area (Å²) in [4.78, 5) is 27.2. The van der Waals surface area contributed by atoms with E-state index < -0.39 is 0 Å². The van der Waals surface area contributed by atoms with E-state index in [2.05, 4.69) is 15.0 Å². The summed E-state index contributed by atoms with van der Waals surface area (Å²) >= 11 is 0. The van der Waals surface area contributed by atoms with Crippen molar-refractivity contribution in [3.8, 4) is 0 Å². The van der Waals surface area contributed by atoms with E-state index in [4.69, 9.17) is 5.73 Å². The van der Waals surface area contributed by atoms with Gasteiger partial charge in [0.05, 0.1) is 0 Å². The molecule has 1 aliphatic rings. The Morgan fingerprint density at radius 2 is 2.00 bits per heavy atom. The summed E-state index contributed by atoms with van der Waals surface area (Å²) < 4.78 is 0. The van der Waals surface area contributed by atoms with Crippen LogP contribution in [0.1, 0.15) is 54.4 Å². The zero-order valence-corrected chi connectivity index (χ0v) is 13.4. The maximum atomic E-state index is 12.9. The van der Waals surface area contributed by atoms with Crippen molar-refractivity contribution >= 4 is 11.9 Å². The number of amides is 1. The topological polar surface area (TPSA) is 85.0 Å². The van der Waals surface area contributed by atoms with Gasteiger partial charge in [-0.25, -0.2) is 9.97 Å². The number of carbonyl (C=O) groups excluding carboxylic acids is 1. The van der Waals surface area contributed by atoms with Gasteiger partial charge in [-0.3, -0.25) is 9.78 Å². The molecule has 6 heteroatoms. The van der Waals surface area contributed by atoms with E-state index in [1.54, 1.807) is 18.5 Å². The summed E-state index contributed by atoms with van der Waals surface area (Å²) in [6.07, 6.45) is 5.55. The Morgan fingerprint density at radius 3 is 2.61 bits per heavy atom. The first-order valence-corrected chi connectivity index (χ1v) is 7.89. The van der Waals surface area contributed by atoms with E-state index >= 15 is 0 Å². The molecule has 0 aliphatic heterocycles. The summed E-state index contributed by atoms with van der Waals surface area (Å²) in [5.41, 5.74) is 8.01. The van der Waals surface area contributed by atoms with Crippen LogP contribution in [-0.4, -0.2) is 31.8 Å². The minimum absolute atomic E-state index is 0.0830. The lowest BCUT2D eigenvalue weighted by Gasteiger charge is -2.22. The van der Waals surface area contributed by atoms with Crippen LogP contribution in [0.5, 0.6) is 0 Å². The van der Waals surface area contributed by atoms with Crippen LogP contribution in [0.15, 0.2) is 30.6 Å². The largest absolute Gasteiger partial charge is 0.368 e. The minimum atomic E-state index is -0.0830. The number of carbonyl (C=O) groups is 1. The van der Waals surface area contributed by atoms with Crippen LogP contribution >= 0.6 is 0 Å². The fraction of sp³-hybridized carbons (Fsp3) is 0.412. The first-order valence-electron chi connectivity index (χ1n) is 7.89. The van der Waals surface area contributed by atoms with Gasteiger partial charge in [-0.2, -0.15) is 0 Å². The number of hydrogen-bond donors (Lipinski definition) is 1. The molecule has 1 fully saturated rings. The lowest BCUT2D eigenvalue weighted by molar-refractivity contribution is 0.0723. The van der Waals surface area contributed by atoms with Crippen molar-refractivity contribution in [3.05, 3.63) is 47.5 Å². The molecular weight excluding hydrogens is 290 g/mol. The molecule has 2 heterocycles. The van der Waals surface area contributed by atoms with Gasteiger partial charge >= 0.3 is 0 Å². The molecule has 0 spiro atoms. The van der Waals surface area contributed by atoms with Crippen LogP contribution in [-0.2, 0) is 6.54 Å². The molecule has 2 N–H and O–H groups in total. The van der Waals surface area contributed by atoms with Crippen molar-refractivity contribution in [1.29, 1.82) is 0 Å². The maximum absolute atomic E-state index is 12.9. The Hall–Kier alpha value is -2.50. The Kier molecular flexibility index (Phi) is 4.23. The van der Waals surface area contributed by atoms with E-state index in [0.29, 0.717) is 12.2 Å². The second-order valence-electron chi connectivity index (χ2n) is 6.21. The Balaban J connectivity index is 1.87. The molecule has 0 unspecified atom stereocenters. The van der Waals surface area contributed by atoms with E-state index in [1.807, 2.05) is 30.9 Å². The highest BCUT2D eigenvalue weighted by Crippen LogP contribution is 2.30. The van der Waals surface area contributed by atoms with Crippen LogP contribution in [0.25, 0.3) is 0 Å². The lowest BCUT2D eigenvalue weighted by atomic mass is 10.1. The third-order valence-corrected chi connectivity index (χ3v) is 3.92. The quantitative estimate of drug-likeness (QED) is 0.916. The summed E-state index contributed by atoms with van der Waals surface area (Å²) in [5.74, 6) is 0.265. The van der Waals surface area contributed by atoms with E-state index in [1.165, 1.54) is 0 Å². The molecular formula is C17H21N5O. The predicted molar refractivity (Wildman–Crippen MR) is 87.7 cm³/mol. The number of nitrogens with zero attached hydrogens (tertiary/aromatic N) is 4. The van der Waals surface area contributed by atoms with Gasteiger partial charge in [-0.1, -0.05) is 13.8 Å². The molecule has 0 aromatic carbocycles. The highest BCUT2D eigenvalue weighted by atomic mass is 16.2. The van der Waals surface area contributed by atoms with Crippen molar-refractivity contribution in [2.24, 2.45) is 0 Å². The molecule has 0 saturated heterocycles. The molecule has 2 aromatic heterocycles. The third-order valence-electron chi connectivity index (χ3n) is 3.92. The number of anilines is 1. The van der Waals surface area contributed by atoms with Crippen LogP contribution in [0.2, 0.25) is 0 Å². The molecule has 3 rings (SSSR count). The van der Waals surface area contributed by atoms with Gasteiger partial charge in [0.25, 0.3) is 5.91 Å². The highest BCUT2D eigenvalue weighted by Gasteiger charge is 2.34. The van der Waals surface area contributed by atoms with Gasteiger partial charge < -0.3 is 10.6 Å². The lowest BCUT2D eigenvalue weighted by Crippen LogP contribution is -2.33. The molecule has 6 nitrogen and oxygen atoms in total. The normalized spacial score (nSPS) is 14.0.